The van der Waals surface area contributed by atoms with Crippen molar-refractivity contribution >= 4 is 5.97 Å². The van der Waals surface area contributed by atoms with Crippen molar-refractivity contribution < 1.29 is 18.8 Å². The molecule has 1 aromatic carbocycles. The molecule has 0 aromatic heterocycles. The van der Waals surface area contributed by atoms with Crippen molar-refractivity contribution in [1.29, 1.82) is 0 Å². The smallest absolute Gasteiger partial charge is 0.338 e. The highest BCUT2D eigenvalue weighted by atomic mass is 19.1. The molecule has 1 fully saturated rings. The summed E-state index contributed by atoms with van der Waals surface area (Å²) in [4.78, 5) is 13.1. The predicted molar refractivity (Wildman–Crippen MR) is 66.1 cm³/mol. The highest BCUT2D eigenvalue weighted by molar-refractivity contribution is 5.89. The molecule has 0 radical (unpaired) electrons. The monoisotopic (exact) mass is 252 g/mol. The molecule has 1 N–H and O–H groups in total. The second kappa shape index (κ2) is 6.50. The Balaban J connectivity index is 1.74. The summed E-state index contributed by atoms with van der Waals surface area (Å²) in [5, 5.41) is 0. The highest BCUT2D eigenvalue weighted by Crippen LogP contribution is 2.04. The molecule has 0 atom stereocenters. The van der Waals surface area contributed by atoms with Crippen molar-refractivity contribution in [2.45, 2.75) is 19.3 Å². The topological polar surface area (TPSA) is 30.7 Å². The normalized spacial score (nSPS) is 16.5. The van der Waals surface area contributed by atoms with Gasteiger partial charge in [-0.15, -0.1) is 0 Å². The van der Waals surface area contributed by atoms with Gasteiger partial charge in [-0.2, -0.15) is 0 Å². The number of nitrogens with one attached hydrogen (secondary N) is 1. The van der Waals surface area contributed by atoms with Gasteiger partial charge in [-0.05, 0) is 37.5 Å². The number of ether oxygens (including phenoxy) is 1. The SMILES string of the molecule is O=C(OCC[NH+]1CCCCC1)c1cccc(F)c1. The van der Waals surface area contributed by atoms with Crippen molar-refractivity contribution in [3.8, 4) is 0 Å². The van der Waals surface area contributed by atoms with Gasteiger partial charge in [0.15, 0.2) is 0 Å². The van der Waals surface area contributed by atoms with Gasteiger partial charge >= 0.3 is 5.97 Å². The van der Waals surface area contributed by atoms with E-state index in [2.05, 4.69) is 0 Å². The van der Waals surface area contributed by atoms with E-state index in [0.717, 1.165) is 19.6 Å². The average Bonchev–Trinajstić information content (AvgIpc) is 2.40. The van der Waals surface area contributed by atoms with Crippen LogP contribution in [-0.2, 0) is 4.74 Å². The van der Waals surface area contributed by atoms with E-state index in [-0.39, 0.29) is 5.56 Å². The fraction of sp³-hybridized carbons (Fsp3) is 0.500. The highest BCUT2D eigenvalue weighted by Gasteiger charge is 2.14. The Hall–Kier alpha value is -1.42. The Morgan fingerprint density at radius 2 is 2.06 bits per heavy atom. The first-order chi connectivity index (χ1) is 8.75. The lowest BCUT2D eigenvalue weighted by Gasteiger charge is -2.23. The molecule has 18 heavy (non-hydrogen) atoms. The first kappa shape index (κ1) is 13.0. The van der Waals surface area contributed by atoms with Gasteiger partial charge in [-0.3, -0.25) is 0 Å². The molecular weight excluding hydrogens is 233 g/mol. The Morgan fingerprint density at radius 1 is 1.28 bits per heavy atom. The van der Waals surface area contributed by atoms with Crippen LogP contribution in [-0.4, -0.2) is 32.2 Å². The van der Waals surface area contributed by atoms with Gasteiger partial charge in [0.05, 0.1) is 18.7 Å². The maximum atomic E-state index is 12.9. The number of halogens is 1. The number of carbonyl (C=O) groups excluding carboxylic acids is 1. The number of hydrogen-bond acceptors (Lipinski definition) is 2. The summed E-state index contributed by atoms with van der Waals surface area (Å²) in [6.07, 6.45) is 3.83. The van der Waals surface area contributed by atoms with Crippen LogP contribution >= 0.6 is 0 Å². The van der Waals surface area contributed by atoms with Crippen molar-refractivity contribution in [2.24, 2.45) is 0 Å². The number of benzene rings is 1. The molecule has 1 heterocycles. The minimum Gasteiger partial charge on any atom is -0.456 e. The molecule has 0 aliphatic carbocycles. The average molecular weight is 252 g/mol. The molecule has 0 saturated carbocycles. The summed E-state index contributed by atoms with van der Waals surface area (Å²) in [6, 6.07) is 5.60. The molecule has 0 unspecified atom stereocenters. The van der Waals surface area contributed by atoms with E-state index in [0.29, 0.717) is 6.61 Å². The Kier molecular flexibility index (Phi) is 4.70. The van der Waals surface area contributed by atoms with Crippen LogP contribution in [0, 0.1) is 5.82 Å². The molecular formula is C14H19FNO2+. The van der Waals surface area contributed by atoms with E-state index in [1.54, 1.807) is 6.07 Å². The molecule has 1 aliphatic heterocycles. The third kappa shape index (κ3) is 3.81. The van der Waals surface area contributed by atoms with Crippen LogP contribution in [0.4, 0.5) is 4.39 Å². The van der Waals surface area contributed by atoms with Crippen LogP contribution in [0.15, 0.2) is 24.3 Å². The van der Waals surface area contributed by atoms with Gasteiger partial charge in [-0.25, -0.2) is 9.18 Å². The Morgan fingerprint density at radius 3 is 2.78 bits per heavy atom. The number of carbonyl (C=O) groups is 1. The molecule has 1 saturated heterocycles. The molecule has 0 amide bonds. The van der Waals surface area contributed by atoms with Crippen LogP contribution < -0.4 is 4.90 Å². The van der Waals surface area contributed by atoms with Crippen molar-refractivity contribution in [1.82, 2.24) is 0 Å². The second-order valence-electron chi connectivity index (χ2n) is 4.71. The number of quaternary nitrogens is 1. The van der Waals surface area contributed by atoms with E-state index in [4.69, 9.17) is 4.74 Å². The standard InChI is InChI=1S/C14H18FNO2/c15-13-6-4-5-12(11-13)14(17)18-10-9-16-7-2-1-3-8-16/h4-6,11H,1-3,7-10H2/p+1. The quantitative estimate of drug-likeness (QED) is 0.812. The zero-order valence-electron chi connectivity index (χ0n) is 10.5. The fourth-order valence-electron chi connectivity index (χ4n) is 2.29. The largest absolute Gasteiger partial charge is 0.456 e. The fourth-order valence-corrected chi connectivity index (χ4v) is 2.29. The van der Waals surface area contributed by atoms with Gasteiger partial charge in [0.2, 0.25) is 0 Å². The van der Waals surface area contributed by atoms with Crippen molar-refractivity contribution in [3.05, 3.63) is 35.6 Å². The maximum absolute atomic E-state index is 12.9. The summed E-state index contributed by atoms with van der Waals surface area (Å²) >= 11 is 0. The number of piperidine rings is 1. The van der Waals surface area contributed by atoms with E-state index in [1.165, 1.54) is 42.4 Å². The van der Waals surface area contributed by atoms with Gasteiger partial charge < -0.3 is 9.64 Å². The first-order valence-electron chi connectivity index (χ1n) is 6.52. The van der Waals surface area contributed by atoms with Gasteiger partial charge in [0.25, 0.3) is 0 Å². The van der Waals surface area contributed by atoms with Gasteiger partial charge in [0, 0.05) is 0 Å². The third-order valence-corrected chi connectivity index (χ3v) is 3.31. The lowest BCUT2D eigenvalue weighted by atomic mass is 10.1. The zero-order valence-corrected chi connectivity index (χ0v) is 10.5. The van der Waals surface area contributed by atoms with E-state index >= 15 is 0 Å². The van der Waals surface area contributed by atoms with Crippen molar-refractivity contribution in [3.63, 3.8) is 0 Å². The second-order valence-corrected chi connectivity index (χ2v) is 4.71. The number of rotatable bonds is 4. The maximum Gasteiger partial charge on any atom is 0.338 e. The molecule has 1 aliphatic rings. The number of likely N-dealkylation sites (tertiary alicyclic amines) is 1. The molecule has 1 aromatic rings. The number of esters is 1. The van der Waals surface area contributed by atoms with Crippen molar-refractivity contribution in [2.75, 3.05) is 26.2 Å². The lowest BCUT2D eigenvalue weighted by Crippen LogP contribution is -3.13. The minimum absolute atomic E-state index is 0.281. The van der Waals surface area contributed by atoms with Crippen LogP contribution in [0.25, 0.3) is 0 Å². The molecule has 2 rings (SSSR count). The van der Waals surface area contributed by atoms with Gasteiger partial charge in [-0.1, -0.05) is 6.07 Å². The molecule has 98 valence electrons. The predicted octanol–water partition coefficient (Wildman–Crippen LogP) is 1.05. The summed E-state index contributed by atoms with van der Waals surface area (Å²) < 4.78 is 18.1. The molecule has 0 bridgehead atoms. The van der Waals surface area contributed by atoms with Crippen LogP contribution in [0.3, 0.4) is 0 Å². The summed E-state index contributed by atoms with van der Waals surface area (Å²) in [5.41, 5.74) is 0.281. The van der Waals surface area contributed by atoms with Gasteiger partial charge in [0.1, 0.15) is 19.0 Å². The van der Waals surface area contributed by atoms with Crippen LogP contribution in [0.5, 0.6) is 0 Å². The first-order valence-corrected chi connectivity index (χ1v) is 6.52. The number of hydrogen-bond donors (Lipinski definition) is 1. The zero-order chi connectivity index (χ0) is 12.8. The molecule has 0 spiro atoms. The summed E-state index contributed by atoms with van der Waals surface area (Å²) in [6.45, 7) is 3.58. The lowest BCUT2D eigenvalue weighted by molar-refractivity contribution is -0.905. The summed E-state index contributed by atoms with van der Waals surface area (Å²) in [5.74, 6) is -0.850. The summed E-state index contributed by atoms with van der Waals surface area (Å²) in [7, 11) is 0. The Labute approximate surface area is 107 Å². The molecule has 3 nitrogen and oxygen atoms in total. The van der Waals surface area contributed by atoms with E-state index in [9.17, 15) is 9.18 Å². The van der Waals surface area contributed by atoms with Crippen LogP contribution in [0.1, 0.15) is 29.6 Å². The Bertz CT molecular complexity index is 403. The van der Waals surface area contributed by atoms with E-state index < -0.39 is 11.8 Å². The minimum atomic E-state index is -0.439. The van der Waals surface area contributed by atoms with E-state index in [1.807, 2.05) is 0 Å². The molecule has 4 heteroatoms. The van der Waals surface area contributed by atoms with Crippen LogP contribution in [0.2, 0.25) is 0 Å². The third-order valence-electron chi connectivity index (χ3n) is 3.31.